The fourth-order valence-corrected chi connectivity index (χ4v) is 1.60. The average Bonchev–Trinajstić information content (AvgIpc) is 2.61. The number of nitrogens with one attached hydrogen (secondary N) is 1. The molecule has 0 heterocycles. The van der Waals surface area contributed by atoms with Gasteiger partial charge in [-0.1, -0.05) is 30.3 Å². The minimum atomic E-state index is -5.26. The van der Waals surface area contributed by atoms with Gasteiger partial charge in [-0.25, -0.2) is 9.59 Å². The summed E-state index contributed by atoms with van der Waals surface area (Å²) in [5.41, 5.74) is 5.84. The van der Waals surface area contributed by atoms with Gasteiger partial charge < -0.3 is 25.6 Å². The van der Waals surface area contributed by atoms with Crippen molar-refractivity contribution in [2.24, 2.45) is 5.73 Å². The molecule has 1 aromatic carbocycles. The van der Waals surface area contributed by atoms with Crippen molar-refractivity contribution in [1.82, 2.24) is 5.32 Å². The van der Waals surface area contributed by atoms with Gasteiger partial charge in [0.15, 0.2) is 6.04 Å². The van der Waals surface area contributed by atoms with Crippen LogP contribution in [0.1, 0.15) is 5.56 Å². The number of carbonyl (C=O) groups excluding carboxylic acids is 3. The number of rotatable bonds is 8. The molecule has 0 aliphatic carbocycles. The molecule has 0 radical (unpaired) electrons. The SMILES string of the molecule is N[C@@H](CO)C(=O)N[C@@H](COC(=O)C(F)(F)F)C(=O)OCc1ccccc1. The Morgan fingerprint density at radius 1 is 1.15 bits per heavy atom. The van der Waals surface area contributed by atoms with E-state index < -0.39 is 49.3 Å². The molecule has 0 bridgehead atoms. The zero-order valence-corrected chi connectivity index (χ0v) is 13.4. The number of hydrogen-bond acceptors (Lipinski definition) is 7. The van der Waals surface area contributed by atoms with E-state index in [0.29, 0.717) is 5.56 Å². The summed E-state index contributed by atoms with van der Waals surface area (Å²) in [4.78, 5) is 34.4. The van der Waals surface area contributed by atoms with Crippen LogP contribution in [-0.4, -0.2) is 54.4 Å². The number of ether oxygens (including phenoxy) is 2. The van der Waals surface area contributed by atoms with Crippen molar-refractivity contribution in [3.63, 3.8) is 0 Å². The molecule has 0 aromatic heterocycles. The van der Waals surface area contributed by atoms with E-state index in [1.807, 2.05) is 5.32 Å². The van der Waals surface area contributed by atoms with Crippen molar-refractivity contribution in [1.29, 1.82) is 0 Å². The predicted molar refractivity (Wildman–Crippen MR) is 80.2 cm³/mol. The van der Waals surface area contributed by atoms with Gasteiger partial charge in [0, 0.05) is 0 Å². The number of alkyl halides is 3. The average molecular weight is 378 g/mol. The summed E-state index contributed by atoms with van der Waals surface area (Å²) in [6.07, 6.45) is -5.26. The molecule has 0 fully saturated rings. The number of amides is 1. The summed E-state index contributed by atoms with van der Waals surface area (Å²) in [6.45, 7) is -2.10. The Morgan fingerprint density at radius 3 is 2.31 bits per heavy atom. The third kappa shape index (κ3) is 7.07. The Kier molecular flexibility index (Phi) is 8.00. The van der Waals surface area contributed by atoms with Gasteiger partial charge in [0.25, 0.3) is 0 Å². The normalized spacial score (nSPS) is 13.4. The standard InChI is InChI=1S/C15H17F3N2O6/c16-15(17,18)14(24)26-8-11(20-12(22)10(19)6-21)13(23)25-7-9-4-2-1-3-5-9/h1-5,10-11,21H,6-8,19H2,(H,20,22)/t10-,11-/m0/s1. The molecule has 0 unspecified atom stereocenters. The molecule has 1 aromatic rings. The molecule has 26 heavy (non-hydrogen) atoms. The van der Waals surface area contributed by atoms with Crippen LogP contribution in [0, 0.1) is 0 Å². The van der Waals surface area contributed by atoms with Gasteiger partial charge in [-0.3, -0.25) is 4.79 Å². The highest BCUT2D eigenvalue weighted by atomic mass is 19.4. The zero-order valence-electron chi connectivity index (χ0n) is 13.4. The summed E-state index contributed by atoms with van der Waals surface area (Å²) >= 11 is 0. The number of aliphatic hydroxyl groups is 1. The summed E-state index contributed by atoms with van der Waals surface area (Å²) in [6, 6.07) is 5.19. The van der Waals surface area contributed by atoms with E-state index in [0.717, 1.165) is 0 Å². The Hall–Kier alpha value is -2.66. The highest BCUT2D eigenvalue weighted by Crippen LogP contribution is 2.16. The largest absolute Gasteiger partial charge is 0.490 e. The highest BCUT2D eigenvalue weighted by molar-refractivity contribution is 5.87. The first-order chi connectivity index (χ1) is 12.1. The van der Waals surface area contributed by atoms with Crippen LogP contribution in [0.15, 0.2) is 30.3 Å². The summed E-state index contributed by atoms with van der Waals surface area (Å²) in [5.74, 6) is -4.70. The van der Waals surface area contributed by atoms with E-state index in [1.165, 1.54) is 0 Å². The zero-order chi connectivity index (χ0) is 19.7. The minimum Gasteiger partial charge on any atom is -0.459 e. The van der Waals surface area contributed by atoms with Gasteiger partial charge in [-0.2, -0.15) is 13.2 Å². The van der Waals surface area contributed by atoms with Crippen molar-refractivity contribution in [2.75, 3.05) is 13.2 Å². The van der Waals surface area contributed by atoms with Crippen LogP contribution >= 0.6 is 0 Å². The van der Waals surface area contributed by atoms with Crippen molar-refractivity contribution in [2.45, 2.75) is 24.9 Å². The summed E-state index contributed by atoms with van der Waals surface area (Å²) in [7, 11) is 0. The first-order valence-corrected chi connectivity index (χ1v) is 7.26. The second-order valence-electron chi connectivity index (χ2n) is 5.04. The van der Waals surface area contributed by atoms with Crippen LogP contribution in [0.4, 0.5) is 13.2 Å². The summed E-state index contributed by atoms with van der Waals surface area (Å²) in [5, 5.41) is 10.8. The molecular weight excluding hydrogens is 361 g/mol. The van der Waals surface area contributed by atoms with Crippen molar-refractivity contribution in [3.05, 3.63) is 35.9 Å². The molecule has 4 N–H and O–H groups in total. The Bertz CT molecular complexity index is 624. The van der Waals surface area contributed by atoms with Gasteiger partial charge in [0.05, 0.1) is 6.61 Å². The molecule has 0 spiro atoms. The smallest absolute Gasteiger partial charge is 0.459 e. The van der Waals surface area contributed by atoms with Crippen LogP contribution in [0.3, 0.4) is 0 Å². The van der Waals surface area contributed by atoms with Crippen LogP contribution in [0.5, 0.6) is 0 Å². The second-order valence-corrected chi connectivity index (χ2v) is 5.04. The monoisotopic (exact) mass is 378 g/mol. The van der Waals surface area contributed by atoms with Crippen molar-refractivity contribution in [3.8, 4) is 0 Å². The second kappa shape index (κ2) is 9.73. The molecule has 1 rings (SSSR count). The molecular formula is C15H17F3N2O6. The Morgan fingerprint density at radius 2 is 1.77 bits per heavy atom. The quantitative estimate of drug-likeness (QED) is 0.527. The molecule has 0 saturated heterocycles. The van der Waals surface area contributed by atoms with E-state index >= 15 is 0 Å². The predicted octanol–water partition coefficient (Wildman–Crippen LogP) is -0.360. The van der Waals surface area contributed by atoms with E-state index in [1.54, 1.807) is 30.3 Å². The van der Waals surface area contributed by atoms with Crippen LogP contribution in [0.25, 0.3) is 0 Å². The number of esters is 2. The Labute approximate surface area is 146 Å². The van der Waals surface area contributed by atoms with Gasteiger partial charge in [0.1, 0.15) is 19.3 Å². The van der Waals surface area contributed by atoms with Crippen LogP contribution < -0.4 is 11.1 Å². The lowest BCUT2D eigenvalue weighted by molar-refractivity contribution is -0.200. The van der Waals surface area contributed by atoms with Gasteiger partial charge >= 0.3 is 18.1 Å². The molecule has 11 heteroatoms. The maximum Gasteiger partial charge on any atom is 0.490 e. The number of carbonyl (C=O) groups is 3. The molecule has 0 aliphatic rings. The maximum atomic E-state index is 12.2. The molecule has 144 valence electrons. The molecule has 0 aliphatic heterocycles. The third-order valence-electron chi connectivity index (χ3n) is 2.97. The first kappa shape index (κ1) is 21.4. The van der Waals surface area contributed by atoms with Crippen molar-refractivity contribution < 1.29 is 42.1 Å². The van der Waals surface area contributed by atoms with Crippen LogP contribution in [0.2, 0.25) is 0 Å². The van der Waals surface area contributed by atoms with Crippen LogP contribution in [-0.2, 0) is 30.5 Å². The molecule has 1 amide bonds. The fourth-order valence-electron chi connectivity index (χ4n) is 1.60. The third-order valence-corrected chi connectivity index (χ3v) is 2.97. The van der Waals surface area contributed by atoms with Gasteiger partial charge in [-0.15, -0.1) is 0 Å². The number of benzene rings is 1. The van der Waals surface area contributed by atoms with E-state index in [-0.39, 0.29) is 6.61 Å². The lowest BCUT2D eigenvalue weighted by Crippen LogP contribution is -2.52. The maximum absolute atomic E-state index is 12.2. The molecule has 2 atom stereocenters. The van der Waals surface area contributed by atoms with Gasteiger partial charge in [0.2, 0.25) is 5.91 Å². The molecule has 0 saturated carbocycles. The number of nitrogens with two attached hydrogens (primary N) is 1. The molecule has 8 nitrogen and oxygen atoms in total. The number of hydrogen-bond donors (Lipinski definition) is 3. The lowest BCUT2D eigenvalue weighted by Gasteiger charge is -2.19. The highest BCUT2D eigenvalue weighted by Gasteiger charge is 2.42. The van der Waals surface area contributed by atoms with E-state index in [9.17, 15) is 27.6 Å². The Balaban J connectivity index is 2.73. The fraction of sp³-hybridized carbons (Fsp3) is 0.400. The van der Waals surface area contributed by atoms with Crippen molar-refractivity contribution >= 4 is 17.8 Å². The number of aliphatic hydroxyl groups excluding tert-OH is 1. The minimum absolute atomic E-state index is 0.217. The topological polar surface area (TPSA) is 128 Å². The van der Waals surface area contributed by atoms with E-state index in [4.69, 9.17) is 15.6 Å². The number of halogens is 3. The summed E-state index contributed by atoms with van der Waals surface area (Å²) < 4.78 is 45.4. The first-order valence-electron chi connectivity index (χ1n) is 7.26. The van der Waals surface area contributed by atoms with E-state index in [2.05, 4.69) is 4.74 Å². The lowest BCUT2D eigenvalue weighted by atomic mass is 10.2. The van der Waals surface area contributed by atoms with Gasteiger partial charge in [-0.05, 0) is 5.56 Å².